The van der Waals surface area contributed by atoms with Gasteiger partial charge in [0.05, 0.1) is 0 Å². The van der Waals surface area contributed by atoms with Gasteiger partial charge in [-0.05, 0) is 52.6 Å². The predicted octanol–water partition coefficient (Wildman–Crippen LogP) is 12.9. The number of thiophene rings is 2. The molecule has 3 heterocycles. The molecule has 0 aliphatic rings. The Bertz CT molecular complexity index is 2870. The molecule has 7 aromatic carbocycles. The number of nitrogens with zero attached hydrogens (tertiary/aromatic N) is 3. The lowest BCUT2D eigenvalue weighted by Gasteiger charge is -2.11. The van der Waals surface area contributed by atoms with Crippen LogP contribution in [0.25, 0.3) is 96.8 Å². The SMILES string of the molecule is c1ccc(-c2cccc(-c3ccc(-c4nc(-c5ccc6c(c5)sc5ccccc56)nc(-c5cccc6sc7ccccc7c56)n4)cc3)c2)cc1. The average molecular weight is 674 g/mol. The molecule has 0 bridgehead atoms. The summed E-state index contributed by atoms with van der Waals surface area (Å²) in [6.07, 6.45) is 0. The minimum atomic E-state index is 0.655. The van der Waals surface area contributed by atoms with Gasteiger partial charge in [0.2, 0.25) is 0 Å². The molecule has 0 aliphatic carbocycles. The minimum Gasteiger partial charge on any atom is -0.208 e. The smallest absolute Gasteiger partial charge is 0.164 e. The van der Waals surface area contributed by atoms with Crippen LogP contribution in [0.5, 0.6) is 0 Å². The topological polar surface area (TPSA) is 38.7 Å². The lowest BCUT2D eigenvalue weighted by Crippen LogP contribution is -2.00. The van der Waals surface area contributed by atoms with Crippen LogP contribution in [-0.2, 0) is 0 Å². The van der Waals surface area contributed by atoms with Crippen LogP contribution in [-0.4, -0.2) is 15.0 Å². The molecule has 0 radical (unpaired) electrons. The fourth-order valence-electron chi connectivity index (χ4n) is 6.90. The van der Waals surface area contributed by atoms with Crippen molar-refractivity contribution in [1.82, 2.24) is 15.0 Å². The molecule has 0 amide bonds. The van der Waals surface area contributed by atoms with Gasteiger partial charge in [0.15, 0.2) is 17.5 Å². The summed E-state index contributed by atoms with van der Waals surface area (Å²) >= 11 is 3.61. The quantitative estimate of drug-likeness (QED) is 0.182. The maximum absolute atomic E-state index is 5.19. The van der Waals surface area contributed by atoms with Crippen molar-refractivity contribution in [3.8, 4) is 56.4 Å². The molecule has 10 rings (SSSR count). The number of benzene rings is 7. The highest BCUT2D eigenvalue weighted by Gasteiger charge is 2.18. The van der Waals surface area contributed by atoms with Gasteiger partial charge in [-0.25, -0.2) is 15.0 Å². The molecule has 0 saturated heterocycles. The molecule has 0 atom stereocenters. The van der Waals surface area contributed by atoms with Gasteiger partial charge in [-0.3, -0.25) is 0 Å². The van der Waals surface area contributed by atoms with Gasteiger partial charge in [-0.2, -0.15) is 0 Å². The first kappa shape index (κ1) is 29.0. The summed E-state index contributed by atoms with van der Waals surface area (Å²) in [5.74, 6) is 2.00. The lowest BCUT2D eigenvalue weighted by atomic mass is 9.98. The highest BCUT2D eigenvalue weighted by molar-refractivity contribution is 7.26. The first-order valence-corrected chi connectivity index (χ1v) is 18.2. The monoisotopic (exact) mass is 673 g/mol. The highest BCUT2D eigenvalue weighted by atomic mass is 32.1. The number of hydrogen-bond acceptors (Lipinski definition) is 5. The zero-order chi connectivity index (χ0) is 33.0. The summed E-state index contributed by atoms with van der Waals surface area (Å²) < 4.78 is 4.98. The van der Waals surface area contributed by atoms with Crippen LogP contribution in [0.4, 0.5) is 0 Å². The van der Waals surface area contributed by atoms with Crippen molar-refractivity contribution < 1.29 is 0 Å². The van der Waals surface area contributed by atoms with Crippen molar-refractivity contribution in [3.63, 3.8) is 0 Å². The van der Waals surface area contributed by atoms with E-state index in [0.29, 0.717) is 17.5 Å². The van der Waals surface area contributed by atoms with Crippen LogP contribution in [0, 0.1) is 0 Å². The Labute approximate surface area is 296 Å². The van der Waals surface area contributed by atoms with Crippen molar-refractivity contribution in [2.24, 2.45) is 0 Å². The van der Waals surface area contributed by atoms with Gasteiger partial charge in [0.25, 0.3) is 0 Å². The van der Waals surface area contributed by atoms with Crippen molar-refractivity contribution in [1.29, 1.82) is 0 Å². The Kier molecular flexibility index (Phi) is 6.86. The Morgan fingerprint density at radius 2 is 0.820 bits per heavy atom. The van der Waals surface area contributed by atoms with Gasteiger partial charge in [0, 0.05) is 57.0 Å². The second kappa shape index (κ2) is 11.8. The lowest BCUT2D eigenvalue weighted by molar-refractivity contribution is 1.08. The highest BCUT2D eigenvalue weighted by Crippen LogP contribution is 2.40. The van der Waals surface area contributed by atoms with E-state index in [9.17, 15) is 0 Å². The molecule has 3 nitrogen and oxygen atoms in total. The maximum Gasteiger partial charge on any atom is 0.164 e. The second-order valence-electron chi connectivity index (χ2n) is 12.4. The molecule has 234 valence electrons. The molecule has 50 heavy (non-hydrogen) atoms. The Morgan fingerprint density at radius 1 is 0.300 bits per heavy atom. The van der Waals surface area contributed by atoms with Gasteiger partial charge in [-0.15, -0.1) is 22.7 Å². The zero-order valence-corrected chi connectivity index (χ0v) is 28.4. The summed E-state index contributed by atoms with van der Waals surface area (Å²) in [5, 5.41) is 4.94. The zero-order valence-electron chi connectivity index (χ0n) is 26.7. The van der Waals surface area contributed by atoms with E-state index < -0.39 is 0 Å². The molecule has 0 unspecified atom stereocenters. The van der Waals surface area contributed by atoms with Crippen molar-refractivity contribution >= 4 is 63.0 Å². The fraction of sp³-hybridized carbons (Fsp3) is 0. The number of fused-ring (bicyclic) bond motifs is 6. The van der Waals surface area contributed by atoms with Crippen LogP contribution in [0.15, 0.2) is 164 Å². The molecule has 0 aliphatic heterocycles. The standard InChI is InChI=1S/C45H27N3S2/c1-2-10-28(11-3-1)31-12-8-13-32(26-31)29-20-22-30(23-21-29)43-46-44(33-24-25-35-34-14-4-6-17-38(34)50-41(35)27-33)48-45(47-43)37-16-9-19-40-42(37)36-15-5-7-18-39(36)49-40/h1-27H. The fourth-order valence-corrected chi connectivity index (χ4v) is 9.18. The van der Waals surface area contributed by atoms with Crippen LogP contribution >= 0.6 is 22.7 Å². The van der Waals surface area contributed by atoms with Crippen LogP contribution in [0.3, 0.4) is 0 Å². The van der Waals surface area contributed by atoms with E-state index in [1.165, 1.54) is 57.0 Å². The Balaban J connectivity index is 1.12. The Morgan fingerprint density at radius 3 is 1.62 bits per heavy atom. The van der Waals surface area contributed by atoms with E-state index in [0.717, 1.165) is 22.3 Å². The first-order chi connectivity index (χ1) is 24.7. The summed E-state index contributed by atoms with van der Waals surface area (Å²) in [4.78, 5) is 15.5. The van der Waals surface area contributed by atoms with Crippen molar-refractivity contribution in [2.45, 2.75) is 0 Å². The molecular formula is C45H27N3S2. The third kappa shape index (κ3) is 4.98. The van der Waals surface area contributed by atoms with Crippen molar-refractivity contribution in [3.05, 3.63) is 164 Å². The third-order valence-corrected chi connectivity index (χ3v) is 11.6. The third-order valence-electron chi connectivity index (χ3n) is 9.36. The first-order valence-electron chi connectivity index (χ1n) is 16.6. The van der Waals surface area contributed by atoms with E-state index in [2.05, 4.69) is 164 Å². The van der Waals surface area contributed by atoms with E-state index >= 15 is 0 Å². The summed E-state index contributed by atoms with van der Waals surface area (Å²) in [6.45, 7) is 0. The predicted molar refractivity (Wildman–Crippen MR) is 213 cm³/mol. The molecule has 0 spiro atoms. The van der Waals surface area contributed by atoms with Gasteiger partial charge in [0.1, 0.15) is 0 Å². The maximum atomic E-state index is 5.19. The minimum absolute atomic E-state index is 0.655. The largest absolute Gasteiger partial charge is 0.208 e. The van der Waals surface area contributed by atoms with Crippen LogP contribution in [0.1, 0.15) is 0 Å². The molecule has 5 heteroatoms. The van der Waals surface area contributed by atoms with Crippen molar-refractivity contribution in [2.75, 3.05) is 0 Å². The molecule has 3 aromatic heterocycles. The normalized spacial score (nSPS) is 11.6. The van der Waals surface area contributed by atoms with Gasteiger partial charge in [-0.1, -0.05) is 133 Å². The molecular weight excluding hydrogens is 647 g/mol. The summed E-state index contributed by atoms with van der Waals surface area (Å²) in [6, 6.07) is 58.0. The molecule has 0 fully saturated rings. The second-order valence-corrected chi connectivity index (χ2v) is 14.6. The molecule has 0 N–H and O–H groups in total. The number of rotatable bonds is 5. The van der Waals surface area contributed by atoms with E-state index in [1.54, 1.807) is 22.7 Å². The van der Waals surface area contributed by atoms with E-state index in [4.69, 9.17) is 15.0 Å². The van der Waals surface area contributed by atoms with E-state index in [-0.39, 0.29) is 0 Å². The van der Waals surface area contributed by atoms with Gasteiger partial charge < -0.3 is 0 Å². The average Bonchev–Trinajstić information content (AvgIpc) is 3.76. The van der Waals surface area contributed by atoms with Gasteiger partial charge >= 0.3 is 0 Å². The van der Waals surface area contributed by atoms with Crippen LogP contribution < -0.4 is 0 Å². The van der Waals surface area contributed by atoms with E-state index in [1.807, 2.05) is 0 Å². The molecule has 10 aromatic rings. The number of aromatic nitrogens is 3. The summed E-state index contributed by atoms with van der Waals surface area (Å²) in [7, 11) is 0. The molecule has 0 saturated carbocycles. The Hall–Kier alpha value is -6.01. The summed E-state index contributed by atoms with van der Waals surface area (Å²) in [5.41, 5.74) is 7.66. The van der Waals surface area contributed by atoms with Crippen LogP contribution in [0.2, 0.25) is 0 Å². The number of hydrogen-bond donors (Lipinski definition) is 0.